The van der Waals surface area contributed by atoms with Gasteiger partial charge in [0.2, 0.25) is 5.95 Å². The standard InChI is InChI=1S/C18H19F2N3O/c1-2-12-9-21-18(22-10-12)23-7-3-4-13(11-23)17(24)15-8-14(19)5-6-16(15)20/h5-6,8-10,13H,2-4,7,11H2,1H3. The van der Waals surface area contributed by atoms with Crippen LogP contribution in [0.15, 0.2) is 30.6 Å². The van der Waals surface area contributed by atoms with Crippen molar-refractivity contribution in [3.05, 3.63) is 53.4 Å². The smallest absolute Gasteiger partial charge is 0.225 e. The van der Waals surface area contributed by atoms with Gasteiger partial charge in [-0.05, 0) is 43.0 Å². The van der Waals surface area contributed by atoms with Gasteiger partial charge in [-0.3, -0.25) is 4.79 Å². The molecular weight excluding hydrogens is 312 g/mol. The van der Waals surface area contributed by atoms with Gasteiger partial charge in [-0.1, -0.05) is 6.92 Å². The average molecular weight is 331 g/mol. The molecule has 1 aromatic heterocycles. The minimum Gasteiger partial charge on any atom is -0.340 e. The Morgan fingerprint density at radius 1 is 1.29 bits per heavy atom. The van der Waals surface area contributed by atoms with Crippen molar-refractivity contribution in [1.82, 2.24) is 9.97 Å². The van der Waals surface area contributed by atoms with Crippen LogP contribution >= 0.6 is 0 Å². The lowest BCUT2D eigenvalue weighted by molar-refractivity contribution is 0.0902. The number of ketones is 1. The van der Waals surface area contributed by atoms with Gasteiger partial charge in [0.15, 0.2) is 5.78 Å². The van der Waals surface area contributed by atoms with E-state index in [1.54, 1.807) is 12.4 Å². The third kappa shape index (κ3) is 3.42. The molecule has 3 rings (SSSR count). The van der Waals surface area contributed by atoms with Crippen LogP contribution in [0.1, 0.15) is 35.7 Å². The molecule has 2 aromatic rings. The van der Waals surface area contributed by atoms with Gasteiger partial charge in [-0.25, -0.2) is 18.7 Å². The molecule has 0 aliphatic carbocycles. The Bertz CT molecular complexity index is 734. The van der Waals surface area contributed by atoms with E-state index >= 15 is 0 Å². The topological polar surface area (TPSA) is 46.1 Å². The van der Waals surface area contributed by atoms with Crippen LogP contribution in [0.4, 0.5) is 14.7 Å². The number of aromatic nitrogens is 2. The van der Waals surface area contributed by atoms with E-state index in [0.29, 0.717) is 18.9 Å². The van der Waals surface area contributed by atoms with Crippen LogP contribution in [0.25, 0.3) is 0 Å². The second-order valence-electron chi connectivity index (χ2n) is 6.02. The van der Waals surface area contributed by atoms with Crippen LogP contribution in [-0.2, 0) is 6.42 Å². The number of hydrogen-bond donors (Lipinski definition) is 0. The molecule has 0 amide bonds. The Labute approximate surface area is 139 Å². The molecule has 0 bridgehead atoms. The van der Waals surface area contributed by atoms with Crippen LogP contribution in [0.2, 0.25) is 0 Å². The highest BCUT2D eigenvalue weighted by atomic mass is 19.1. The summed E-state index contributed by atoms with van der Waals surface area (Å²) in [6.45, 7) is 3.20. The molecule has 1 unspecified atom stereocenters. The number of aryl methyl sites for hydroxylation is 1. The van der Waals surface area contributed by atoms with E-state index in [2.05, 4.69) is 9.97 Å². The average Bonchev–Trinajstić information content (AvgIpc) is 2.63. The second kappa shape index (κ2) is 7.03. The summed E-state index contributed by atoms with van der Waals surface area (Å²) < 4.78 is 27.2. The lowest BCUT2D eigenvalue weighted by Gasteiger charge is -2.32. The van der Waals surface area contributed by atoms with Crippen molar-refractivity contribution in [2.45, 2.75) is 26.2 Å². The summed E-state index contributed by atoms with van der Waals surface area (Å²) in [6.07, 6.45) is 5.85. The van der Waals surface area contributed by atoms with Crippen LogP contribution < -0.4 is 4.90 Å². The molecule has 1 aliphatic heterocycles. The normalized spacial score (nSPS) is 17.8. The fraction of sp³-hybridized carbons (Fsp3) is 0.389. The molecule has 6 heteroatoms. The van der Waals surface area contributed by atoms with E-state index in [4.69, 9.17) is 0 Å². The third-order valence-electron chi connectivity index (χ3n) is 4.37. The highest BCUT2D eigenvalue weighted by molar-refractivity contribution is 5.98. The maximum Gasteiger partial charge on any atom is 0.225 e. The van der Waals surface area contributed by atoms with Gasteiger partial charge in [-0.15, -0.1) is 0 Å². The molecule has 126 valence electrons. The van der Waals surface area contributed by atoms with E-state index in [0.717, 1.165) is 43.1 Å². The monoisotopic (exact) mass is 331 g/mol. The summed E-state index contributed by atoms with van der Waals surface area (Å²) in [5.41, 5.74) is 0.870. The molecule has 0 N–H and O–H groups in total. The van der Waals surface area contributed by atoms with Crippen molar-refractivity contribution in [3.63, 3.8) is 0 Å². The molecule has 1 saturated heterocycles. The first kappa shape index (κ1) is 16.5. The minimum absolute atomic E-state index is 0.177. The summed E-state index contributed by atoms with van der Waals surface area (Å²) >= 11 is 0. The first-order valence-electron chi connectivity index (χ1n) is 8.13. The number of hydrogen-bond acceptors (Lipinski definition) is 4. The predicted octanol–water partition coefficient (Wildman–Crippen LogP) is 3.42. The first-order chi connectivity index (χ1) is 11.6. The van der Waals surface area contributed by atoms with Crippen molar-refractivity contribution in [1.29, 1.82) is 0 Å². The number of piperidine rings is 1. The zero-order valence-corrected chi connectivity index (χ0v) is 13.5. The Balaban J connectivity index is 1.77. The minimum atomic E-state index is -0.679. The zero-order chi connectivity index (χ0) is 17.1. The van der Waals surface area contributed by atoms with Crippen molar-refractivity contribution < 1.29 is 13.6 Å². The molecule has 1 atom stereocenters. The summed E-state index contributed by atoms with van der Waals surface area (Å²) in [7, 11) is 0. The molecule has 1 fully saturated rings. The van der Waals surface area contributed by atoms with Crippen LogP contribution in [0.5, 0.6) is 0 Å². The van der Waals surface area contributed by atoms with Gasteiger partial charge in [0, 0.05) is 31.4 Å². The number of rotatable bonds is 4. The third-order valence-corrected chi connectivity index (χ3v) is 4.37. The molecule has 4 nitrogen and oxygen atoms in total. The quantitative estimate of drug-likeness (QED) is 0.806. The van der Waals surface area contributed by atoms with E-state index in [1.807, 2.05) is 11.8 Å². The number of nitrogens with zero attached hydrogens (tertiary/aromatic N) is 3. The highest BCUT2D eigenvalue weighted by Crippen LogP contribution is 2.25. The summed E-state index contributed by atoms with van der Waals surface area (Å²) in [6, 6.07) is 2.99. The second-order valence-corrected chi connectivity index (χ2v) is 6.02. The Hall–Kier alpha value is -2.37. The van der Waals surface area contributed by atoms with Gasteiger partial charge >= 0.3 is 0 Å². The Morgan fingerprint density at radius 2 is 2.04 bits per heavy atom. The van der Waals surface area contributed by atoms with Gasteiger partial charge < -0.3 is 4.90 Å². The fourth-order valence-electron chi connectivity index (χ4n) is 2.97. The van der Waals surface area contributed by atoms with Crippen LogP contribution in [0.3, 0.4) is 0 Å². The number of Topliss-reactive ketones (excluding diaryl/α,β-unsaturated/α-hetero) is 1. The first-order valence-corrected chi connectivity index (χ1v) is 8.13. The number of carbonyl (C=O) groups excluding carboxylic acids is 1. The van der Waals surface area contributed by atoms with Gasteiger partial charge in [-0.2, -0.15) is 0 Å². The maximum atomic E-state index is 13.9. The van der Waals surface area contributed by atoms with Crippen LogP contribution in [0, 0.1) is 17.6 Å². The van der Waals surface area contributed by atoms with E-state index < -0.39 is 11.6 Å². The lowest BCUT2D eigenvalue weighted by atomic mass is 9.90. The molecule has 0 radical (unpaired) electrons. The van der Waals surface area contributed by atoms with Crippen molar-refractivity contribution >= 4 is 11.7 Å². The van der Waals surface area contributed by atoms with Crippen molar-refractivity contribution in [3.8, 4) is 0 Å². The van der Waals surface area contributed by atoms with Gasteiger partial charge in [0.25, 0.3) is 0 Å². The largest absolute Gasteiger partial charge is 0.340 e. The molecule has 24 heavy (non-hydrogen) atoms. The molecule has 0 saturated carbocycles. The Kier molecular flexibility index (Phi) is 4.83. The van der Waals surface area contributed by atoms with E-state index in [9.17, 15) is 13.6 Å². The number of carbonyl (C=O) groups is 1. The predicted molar refractivity (Wildman–Crippen MR) is 87.0 cm³/mol. The van der Waals surface area contributed by atoms with Crippen LogP contribution in [-0.4, -0.2) is 28.8 Å². The van der Waals surface area contributed by atoms with Crippen molar-refractivity contribution in [2.24, 2.45) is 5.92 Å². The lowest BCUT2D eigenvalue weighted by Crippen LogP contribution is -2.40. The van der Waals surface area contributed by atoms with E-state index in [-0.39, 0.29) is 17.3 Å². The molecule has 1 aliphatic rings. The van der Waals surface area contributed by atoms with Gasteiger partial charge in [0.05, 0.1) is 5.56 Å². The molecule has 1 aromatic carbocycles. The van der Waals surface area contributed by atoms with Gasteiger partial charge in [0.1, 0.15) is 11.6 Å². The number of halogens is 2. The summed E-state index contributed by atoms with van der Waals surface area (Å²) in [5, 5.41) is 0. The fourth-order valence-corrected chi connectivity index (χ4v) is 2.97. The van der Waals surface area contributed by atoms with E-state index in [1.165, 1.54) is 0 Å². The molecule has 0 spiro atoms. The SMILES string of the molecule is CCc1cnc(N2CCCC(C(=O)c3cc(F)ccc3F)C2)nc1. The zero-order valence-electron chi connectivity index (χ0n) is 13.5. The summed E-state index contributed by atoms with van der Waals surface area (Å²) in [4.78, 5) is 23.2. The Morgan fingerprint density at radius 3 is 2.75 bits per heavy atom. The maximum absolute atomic E-state index is 13.9. The summed E-state index contributed by atoms with van der Waals surface area (Å²) in [5.74, 6) is -1.45. The molecule has 2 heterocycles. The molecular formula is C18H19F2N3O. The highest BCUT2D eigenvalue weighted by Gasteiger charge is 2.29. The van der Waals surface area contributed by atoms with Crippen molar-refractivity contribution in [2.75, 3.05) is 18.0 Å². The number of benzene rings is 1. The number of anilines is 1.